The van der Waals surface area contributed by atoms with Crippen LogP contribution in [0, 0.1) is 13.8 Å². The largest absolute Gasteiger partial charge is 0.299 e. The second kappa shape index (κ2) is 8.73. The number of benzene rings is 3. The van der Waals surface area contributed by atoms with Gasteiger partial charge in [0.15, 0.2) is 9.84 Å². The van der Waals surface area contributed by atoms with Gasteiger partial charge in [-0.15, -0.1) is 11.8 Å². The number of hydrogen-bond acceptors (Lipinski definition) is 4. The third-order valence-electron chi connectivity index (χ3n) is 5.08. The molecule has 0 aliphatic carbocycles. The molecule has 0 bridgehead atoms. The maximum Gasteiger partial charge on any atom is 0.175 e. The predicted octanol–water partition coefficient (Wildman–Crippen LogP) is 5.85. The zero-order valence-electron chi connectivity index (χ0n) is 17.7. The third kappa shape index (κ3) is 4.92. The molecule has 3 aromatic carbocycles. The van der Waals surface area contributed by atoms with Gasteiger partial charge < -0.3 is 0 Å². The minimum absolute atomic E-state index is 0.309. The van der Waals surface area contributed by atoms with E-state index in [1.54, 1.807) is 23.9 Å². The van der Waals surface area contributed by atoms with Gasteiger partial charge in [0.2, 0.25) is 0 Å². The standard InChI is InChI=1S/C25H24N2O2S2/c1-18-8-10-20(11-9-18)25-26-21(17-30-24-7-5-4-6-19(24)2)16-27(25)22-12-14-23(15-13-22)31(3,28)29/h4-16H,17H2,1-3H3. The van der Waals surface area contributed by atoms with Gasteiger partial charge in [0, 0.05) is 34.4 Å². The third-order valence-corrected chi connectivity index (χ3v) is 7.42. The average molecular weight is 449 g/mol. The maximum absolute atomic E-state index is 11.8. The van der Waals surface area contributed by atoms with Crippen molar-refractivity contribution in [1.82, 2.24) is 9.55 Å². The van der Waals surface area contributed by atoms with Crippen LogP contribution in [0.3, 0.4) is 0 Å². The fourth-order valence-corrected chi connectivity index (χ4v) is 4.87. The first kappa shape index (κ1) is 21.4. The lowest BCUT2D eigenvalue weighted by Gasteiger charge is -2.09. The summed E-state index contributed by atoms with van der Waals surface area (Å²) < 4.78 is 25.7. The van der Waals surface area contributed by atoms with Crippen molar-refractivity contribution in [3.63, 3.8) is 0 Å². The highest BCUT2D eigenvalue weighted by molar-refractivity contribution is 7.98. The Morgan fingerprint density at radius 1 is 0.903 bits per heavy atom. The van der Waals surface area contributed by atoms with Gasteiger partial charge >= 0.3 is 0 Å². The van der Waals surface area contributed by atoms with Crippen LogP contribution in [0.5, 0.6) is 0 Å². The van der Waals surface area contributed by atoms with E-state index in [1.165, 1.54) is 22.3 Å². The molecule has 0 spiro atoms. The number of rotatable bonds is 6. The van der Waals surface area contributed by atoms with E-state index in [1.807, 2.05) is 29.0 Å². The summed E-state index contributed by atoms with van der Waals surface area (Å²) >= 11 is 1.77. The Morgan fingerprint density at radius 3 is 2.23 bits per heavy atom. The lowest BCUT2D eigenvalue weighted by atomic mass is 10.1. The molecule has 158 valence electrons. The predicted molar refractivity (Wildman–Crippen MR) is 128 cm³/mol. The van der Waals surface area contributed by atoms with Crippen LogP contribution in [0.25, 0.3) is 17.1 Å². The maximum atomic E-state index is 11.8. The van der Waals surface area contributed by atoms with Crippen LogP contribution < -0.4 is 0 Å². The van der Waals surface area contributed by atoms with Crippen molar-refractivity contribution < 1.29 is 8.42 Å². The zero-order chi connectivity index (χ0) is 22.0. The number of hydrogen-bond donors (Lipinski definition) is 0. The Bertz CT molecular complexity index is 1310. The molecule has 4 nitrogen and oxygen atoms in total. The van der Waals surface area contributed by atoms with Crippen LogP contribution in [0.1, 0.15) is 16.8 Å². The first-order valence-corrected chi connectivity index (χ1v) is 12.8. The Labute approximate surface area is 187 Å². The number of aromatic nitrogens is 2. The van der Waals surface area contributed by atoms with Crippen LogP contribution in [-0.4, -0.2) is 24.2 Å². The number of aryl methyl sites for hydroxylation is 2. The highest BCUT2D eigenvalue weighted by Crippen LogP contribution is 2.29. The lowest BCUT2D eigenvalue weighted by molar-refractivity contribution is 0.602. The molecule has 4 aromatic rings. The highest BCUT2D eigenvalue weighted by atomic mass is 32.2. The topological polar surface area (TPSA) is 52.0 Å². The summed E-state index contributed by atoms with van der Waals surface area (Å²) in [7, 11) is -3.24. The van der Waals surface area contributed by atoms with Crippen molar-refractivity contribution in [1.29, 1.82) is 0 Å². The molecular formula is C25H24N2O2S2. The smallest absolute Gasteiger partial charge is 0.175 e. The Hall–Kier alpha value is -2.83. The van der Waals surface area contributed by atoms with Gasteiger partial charge in [-0.25, -0.2) is 13.4 Å². The molecule has 0 N–H and O–H groups in total. The summed E-state index contributed by atoms with van der Waals surface area (Å²) in [5.74, 6) is 1.59. The van der Waals surface area contributed by atoms with E-state index in [0.29, 0.717) is 4.90 Å². The average Bonchev–Trinajstić information content (AvgIpc) is 3.17. The summed E-state index contributed by atoms with van der Waals surface area (Å²) in [6.07, 6.45) is 3.26. The molecule has 31 heavy (non-hydrogen) atoms. The van der Waals surface area contributed by atoms with E-state index in [0.717, 1.165) is 28.5 Å². The van der Waals surface area contributed by atoms with Gasteiger partial charge in [-0.05, 0) is 49.7 Å². The molecular weight excluding hydrogens is 424 g/mol. The molecule has 0 atom stereocenters. The fourth-order valence-electron chi connectivity index (χ4n) is 3.33. The molecule has 0 radical (unpaired) electrons. The summed E-state index contributed by atoms with van der Waals surface area (Å²) in [6.45, 7) is 4.17. The second-order valence-electron chi connectivity index (χ2n) is 7.61. The quantitative estimate of drug-likeness (QED) is 0.347. The molecule has 0 saturated carbocycles. The highest BCUT2D eigenvalue weighted by Gasteiger charge is 2.14. The van der Waals surface area contributed by atoms with Gasteiger partial charge in [-0.3, -0.25) is 4.57 Å². The number of sulfone groups is 1. The monoisotopic (exact) mass is 448 g/mol. The molecule has 6 heteroatoms. The summed E-state index contributed by atoms with van der Waals surface area (Å²) in [5.41, 5.74) is 5.31. The van der Waals surface area contributed by atoms with Crippen LogP contribution >= 0.6 is 11.8 Å². The number of thioether (sulfide) groups is 1. The van der Waals surface area contributed by atoms with E-state index < -0.39 is 9.84 Å². The van der Waals surface area contributed by atoms with Crippen molar-refractivity contribution in [2.24, 2.45) is 0 Å². The summed E-state index contributed by atoms with van der Waals surface area (Å²) in [4.78, 5) is 6.48. The van der Waals surface area contributed by atoms with E-state index in [4.69, 9.17) is 4.98 Å². The van der Waals surface area contributed by atoms with Crippen molar-refractivity contribution in [2.45, 2.75) is 29.4 Å². The van der Waals surface area contributed by atoms with Crippen LogP contribution in [0.15, 0.2) is 88.8 Å². The Balaban J connectivity index is 1.72. The first-order valence-electron chi connectivity index (χ1n) is 9.95. The van der Waals surface area contributed by atoms with Crippen LogP contribution in [0.2, 0.25) is 0 Å². The van der Waals surface area contributed by atoms with E-state index >= 15 is 0 Å². The van der Waals surface area contributed by atoms with E-state index in [9.17, 15) is 8.42 Å². The molecule has 0 fully saturated rings. The van der Waals surface area contributed by atoms with Crippen molar-refractivity contribution in [2.75, 3.05) is 6.26 Å². The minimum atomic E-state index is -3.24. The van der Waals surface area contributed by atoms with Gasteiger partial charge in [-0.1, -0.05) is 48.0 Å². The molecule has 0 saturated heterocycles. The van der Waals surface area contributed by atoms with Gasteiger partial charge in [0.25, 0.3) is 0 Å². The molecule has 1 heterocycles. The number of nitrogens with zero attached hydrogens (tertiary/aromatic N) is 2. The van der Waals surface area contributed by atoms with E-state index in [-0.39, 0.29) is 0 Å². The van der Waals surface area contributed by atoms with Gasteiger partial charge in [-0.2, -0.15) is 0 Å². The fraction of sp³-hybridized carbons (Fsp3) is 0.160. The van der Waals surface area contributed by atoms with Crippen molar-refractivity contribution in [3.05, 3.63) is 95.8 Å². The van der Waals surface area contributed by atoms with Crippen molar-refractivity contribution >= 4 is 21.6 Å². The summed E-state index contributed by atoms with van der Waals surface area (Å²) in [5, 5.41) is 0. The lowest BCUT2D eigenvalue weighted by Crippen LogP contribution is -1.99. The molecule has 0 unspecified atom stereocenters. The minimum Gasteiger partial charge on any atom is -0.299 e. The van der Waals surface area contributed by atoms with Crippen LogP contribution in [0.4, 0.5) is 0 Å². The molecule has 1 aromatic heterocycles. The first-order chi connectivity index (χ1) is 14.8. The number of imidazole rings is 1. The Kier molecular flexibility index (Phi) is 6.03. The van der Waals surface area contributed by atoms with Crippen LogP contribution in [-0.2, 0) is 15.6 Å². The van der Waals surface area contributed by atoms with Crippen molar-refractivity contribution in [3.8, 4) is 17.1 Å². The summed E-state index contributed by atoms with van der Waals surface area (Å²) in [6, 6.07) is 23.6. The molecule has 0 aliphatic rings. The zero-order valence-corrected chi connectivity index (χ0v) is 19.4. The second-order valence-corrected chi connectivity index (χ2v) is 10.6. The molecule has 0 amide bonds. The normalized spacial score (nSPS) is 11.6. The molecule has 4 rings (SSSR count). The van der Waals surface area contributed by atoms with E-state index in [2.05, 4.69) is 56.3 Å². The molecule has 0 aliphatic heterocycles. The SMILES string of the molecule is Cc1ccc(-c2nc(CSc3ccccc3C)cn2-c2ccc(S(C)(=O)=O)cc2)cc1. The van der Waals surface area contributed by atoms with Gasteiger partial charge in [0.05, 0.1) is 10.6 Å². The Morgan fingerprint density at radius 2 is 1.58 bits per heavy atom. The van der Waals surface area contributed by atoms with Gasteiger partial charge in [0.1, 0.15) is 5.82 Å².